The van der Waals surface area contributed by atoms with Gasteiger partial charge in [0.25, 0.3) is 0 Å². The highest BCUT2D eigenvalue weighted by Crippen LogP contribution is 2.31. The third-order valence-corrected chi connectivity index (χ3v) is 4.88. The standard InChI is InChI=1S/C22H27N3O3.HI/c1-23-22(25-13-18-15-27-20-8-4-5-9-21(20)28-18)24-12-17-6-2-3-7-19(17)26-14-16-10-11-16;/h2-9,16,18H,10-15H2,1H3,(H2,23,24,25);1H. The van der Waals surface area contributed by atoms with Crippen LogP contribution < -0.4 is 24.8 Å². The Morgan fingerprint density at radius 1 is 1.07 bits per heavy atom. The second-order valence-electron chi connectivity index (χ2n) is 7.17. The van der Waals surface area contributed by atoms with Gasteiger partial charge in [0.05, 0.1) is 13.2 Å². The number of guanidine groups is 1. The van der Waals surface area contributed by atoms with Gasteiger partial charge < -0.3 is 24.8 Å². The molecule has 0 saturated heterocycles. The van der Waals surface area contributed by atoms with Gasteiger partial charge in [-0.3, -0.25) is 4.99 Å². The van der Waals surface area contributed by atoms with E-state index in [1.807, 2.05) is 42.5 Å². The number of nitrogens with one attached hydrogen (secondary N) is 2. The molecule has 156 valence electrons. The van der Waals surface area contributed by atoms with Crippen LogP contribution in [0, 0.1) is 5.92 Å². The van der Waals surface area contributed by atoms with Crippen molar-refractivity contribution in [2.45, 2.75) is 25.5 Å². The van der Waals surface area contributed by atoms with Crippen LogP contribution >= 0.6 is 24.0 Å². The predicted molar refractivity (Wildman–Crippen MR) is 125 cm³/mol. The van der Waals surface area contributed by atoms with Crippen LogP contribution in [-0.4, -0.2) is 38.9 Å². The summed E-state index contributed by atoms with van der Waals surface area (Å²) >= 11 is 0. The van der Waals surface area contributed by atoms with Gasteiger partial charge in [-0.2, -0.15) is 0 Å². The Hall–Kier alpha value is -2.16. The highest BCUT2D eigenvalue weighted by molar-refractivity contribution is 14.0. The van der Waals surface area contributed by atoms with E-state index in [4.69, 9.17) is 14.2 Å². The lowest BCUT2D eigenvalue weighted by Gasteiger charge is -2.27. The number of rotatable bonds is 7. The number of halogens is 1. The number of nitrogens with zero attached hydrogens (tertiary/aromatic N) is 1. The van der Waals surface area contributed by atoms with Gasteiger partial charge in [0.15, 0.2) is 17.5 Å². The molecule has 0 radical (unpaired) electrons. The molecule has 6 nitrogen and oxygen atoms in total. The van der Waals surface area contributed by atoms with Crippen LogP contribution in [0.5, 0.6) is 17.2 Å². The topological polar surface area (TPSA) is 64.1 Å². The van der Waals surface area contributed by atoms with E-state index in [0.717, 1.165) is 41.3 Å². The van der Waals surface area contributed by atoms with E-state index >= 15 is 0 Å². The number of ether oxygens (including phenoxy) is 3. The maximum atomic E-state index is 5.98. The van der Waals surface area contributed by atoms with Gasteiger partial charge >= 0.3 is 0 Å². The van der Waals surface area contributed by atoms with E-state index in [9.17, 15) is 0 Å². The molecular formula is C22H28IN3O3. The Labute approximate surface area is 189 Å². The summed E-state index contributed by atoms with van der Waals surface area (Å²) in [6.07, 6.45) is 2.51. The molecule has 2 aromatic carbocycles. The van der Waals surface area contributed by atoms with Crippen molar-refractivity contribution in [3.63, 3.8) is 0 Å². The van der Waals surface area contributed by atoms with E-state index in [2.05, 4.69) is 21.7 Å². The van der Waals surface area contributed by atoms with Crippen molar-refractivity contribution in [3.8, 4) is 17.2 Å². The van der Waals surface area contributed by atoms with Gasteiger partial charge in [0.1, 0.15) is 18.5 Å². The van der Waals surface area contributed by atoms with Gasteiger partial charge in [-0.15, -0.1) is 24.0 Å². The van der Waals surface area contributed by atoms with Crippen LogP contribution in [0.3, 0.4) is 0 Å². The second kappa shape index (κ2) is 10.6. The number of hydrogen-bond acceptors (Lipinski definition) is 4. The third-order valence-electron chi connectivity index (χ3n) is 4.88. The molecular weight excluding hydrogens is 481 g/mol. The van der Waals surface area contributed by atoms with Gasteiger partial charge in [0.2, 0.25) is 0 Å². The fourth-order valence-electron chi connectivity index (χ4n) is 3.06. The van der Waals surface area contributed by atoms with Crippen LogP contribution in [-0.2, 0) is 6.54 Å². The first-order valence-corrected chi connectivity index (χ1v) is 9.85. The van der Waals surface area contributed by atoms with Gasteiger partial charge in [-0.25, -0.2) is 0 Å². The molecule has 1 saturated carbocycles. The van der Waals surface area contributed by atoms with Crippen molar-refractivity contribution in [2.24, 2.45) is 10.9 Å². The minimum atomic E-state index is -0.0670. The predicted octanol–water partition coefficient (Wildman–Crippen LogP) is 3.60. The van der Waals surface area contributed by atoms with E-state index in [1.165, 1.54) is 12.8 Å². The number of fused-ring (bicyclic) bond motifs is 1. The molecule has 1 aliphatic carbocycles. The van der Waals surface area contributed by atoms with Crippen molar-refractivity contribution in [1.29, 1.82) is 0 Å². The fourth-order valence-corrected chi connectivity index (χ4v) is 3.06. The zero-order chi connectivity index (χ0) is 19.2. The number of aliphatic imine (C=N–C) groups is 1. The van der Waals surface area contributed by atoms with Crippen molar-refractivity contribution in [2.75, 3.05) is 26.8 Å². The highest BCUT2D eigenvalue weighted by atomic mass is 127. The maximum absolute atomic E-state index is 5.98. The number of para-hydroxylation sites is 3. The van der Waals surface area contributed by atoms with Crippen LogP contribution in [0.4, 0.5) is 0 Å². The summed E-state index contributed by atoms with van der Waals surface area (Å²) in [6, 6.07) is 15.9. The lowest BCUT2D eigenvalue weighted by Crippen LogP contribution is -2.45. The summed E-state index contributed by atoms with van der Waals surface area (Å²) in [4.78, 5) is 4.30. The van der Waals surface area contributed by atoms with Crippen molar-refractivity contribution < 1.29 is 14.2 Å². The zero-order valence-electron chi connectivity index (χ0n) is 16.6. The maximum Gasteiger partial charge on any atom is 0.191 e. The minimum Gasteiger partial charge on any atom is -0.493 e. The average molecular weight is 509 g/mol. The SMILES string of the molecule is CN=C(NCc1ccccc1OCC1CC1)NCC1COc2ccccc2O1.I. The molecule has 2 aromatic rings. The molecule has 1 fully saturated rings. The lowest BCUT2D eigenvalue weighted by molar-refractivity contribution is 0.0936. The summed E-state index contributed by atoms with van der Waals surface area (Å²) < 4.78 is 17.7. The highest BCUT2D eigenvalue weighted by Gasteiger charge is 2.22. The molecule has 0 aromatic heterocycles. The third kappa shape index (κ3) is 6.16. The zero-order valence-corrected chi connectivity index (χ0v) is 18.9. The first-order valence-electron chi connectivity index (χ1n) is 9.85. The van der Waals surface area contributed by atoms with Crippen LogP contribution in [0.2, 0.25) is 0 Å². The molecule has 0 bridgehead atoms. The Balaban J connectivity index is 0.00000240. The Morgan fingerprint density at radius 2 is 1.83 bits per heavy atom. The van der Waals surface area contributed by atoms with E-state index < -0.39 is 0 Å². The number of benzene rings is 2. The van der Waals surface area contributed by atoms with Gasteiger partial charge in [-0.1, -0.05) is 30.3 Å². The molecule has 29 heavy (non-hydrogen) atoms. The fraction of sp³-hybridized carbons (Fsp3) is 0.409. The molecule has 1 unspecified atom stereocenters. The van der Waals surface area contributed by atoms with Crippen LogP contribution in [0.15, 0.2) is 53.5 Å². The average Bonchev–Trinajstić information content (AvgIpc) is 3.57. The molecule has 1 aliphatic heterocycles. The van der Waals surface area contributed by atoms with Crippen molar-refractivity contribution in [1.82, 2.24) is 10.6 Å². The minimum absolute atomic E-state index is 0. The Kier molecular flexibility index (Phi) is 7.85. The normalized spacial score (nSPS) is 17.8. The van der Waals surface area contributed by atoms with Crippen LogP contribution in [0.25, 0.3) is 0 Å². The van der Waals surface area contributed by atoms with Gasteiger partial charge in [-0.05, 0) is 37.0 Å². The van der Waals surface area contributed by atoms with Gasteiger partial charge in [0, 0.05) is 19.2 Å². The number of hydrogen-bond donors (Lipinski definition) is 2. The largest absolute Gasteiger partial charge is 0.493 e. The molecule has 4 rings (SSSR count). The van der Waals surface area contributed by atoms with E-state index in [-0.39, 0.29) is 30.1 Å². The molecule has 2 N–H and O–H groups in total. The smallest absolute Gasteiger partial charge is 0.191 e. The molecule has 0 spiro atoms. The summed E-state index contributed by atoms with van der Waals surface area (Å²) in [6.45, 7) is 2.57. The molecule has 1 atom stereocenters. The lowest BCUT2D eigenvalue weighted by atomic mass is 10.2. The van der Waals surface area contributed by atoms with Crippen molar-refractivity contribution in [3.05, 3.63) is 54.1 Å². The summed E-state index contributed by atoms with van der Waals surface area (Å²) in [5, 5.41) is 6.66. The summed E-state index contributed by atoms with van der Waals surface area (Å²) in [5.74, 6) is 3.98. The molecule has 2 aliphatic rings. The van der Waals surface area contributed by atoms with Crippen LogP contribution in [0.1, 0.15) is 18.4 Å². The molecule has 0 amide bonds. The quantitative estimate of drug-likeness (QED) is 0.340. The first kappa shape index (κ1) is 21.5. The first-order chi connectivity index (χ1) is 13.8. The Morgan fingerprint density at radius 3 is 2.62 bits per heavy atom. The summed E-state index contributed by atoms with van der Waals surface area (Å²) in [7, 11) is 1.76. The van der Waals surface area contributed by atoms with Crippen molar-refractivity contribution >= 4 is 29.9 Å². The van der Waals surface area contributed by atoms with E-state index in [0.29, 0.717) is 19.7 Å². The molecule has 7 heteroatoms. The summed E-state index contributed by atoms with van der Waals surface area (Å²) in [5.41, 5.74) is 1.12. The monoisotopic (exact) mass is 509 g/mol. The Bertz CT molecular complexity index is 826. The molecule has 1 heterocycles. The van der Waals surface area contributed by atoms with E-state index in [1.54, 1.807) is 7.05 Å². The second-order valence-corrected chi connectivity index (χ2v) is 7.17.